The van der Waals surface area contributed by atoms with Crippen LogP contribution in [0.5, 0.6) is 0 Å². The molecule has 0 radical (unpaired) electrons. The zero-order chi connectivity index (χ0) is 12.3. The Morgan fingerprint density at radius 2 is 1.94 bits per heavy atom. The van der Waals surface area contributed by atoms with Gasteiger partial charge in [-0.3, -0.25) is 4.79 Å². The summed E-state index contributed by atoms with van der Waals surface area (Å²) >= 11 is 0. The lowest BCUT2D eigenvalue weighted by Crippen LogP contribution is -2.60. The van der Waals surface area contributed by atoms with Crippen LogP contribution in [0.15, 0.2) is 30.3 Å². The topological polar surface area (TPSA) is 38.8 Å². The largest absolute Gasteiger partial charge is 0.383 e. The SMILES string of the molecule is COCCN1C(=O)C(OC)C1c1ccccc1. The summed E-state index contributed by atoms with van der Waals surface area (Å²) in [5, 5.41) is 0. The second kappa shape index (κ2) is 5.29. The summed E-state index contributed by atoms with van der Waals surface area (Å²) in [6.45, 7) is 1.15. The Bertz CT molecular complexity index is 380. The first-order chi connectivity index (χ1) is 8.29. The van der Waals surface area contributed by atoms with E-state index in [4.69, 9.17) is 9.47 Å². The molecule has 1 aliphatic rings. The molecule has 1 saturated heterocycles. The Morgan fingerprint density at radius 1 is 1.24 bits per heavy atom. The molecule has 0 aliphatic carbocycles. The quantitative estimate of drug-likeness (QED) is 0.721. The first-order valence-corrected chi connectivity index (χ1v) is 5.66. The standard InChI is InChI=1S/C13H17NO3/c1-16-9-8-14-11(12(17-2)13(14)15)10-6-4-3-5-7-10/h3-7,11-12H,8-9H2,1-2H3. The number of hydrogen-bond donors (Lipinski definition) is 0. The second-order valence-electron chi connectivity index (χ2n) is 4.04. The molecule has 92 valence electrons. The average molecular weight is 235 g/mol. The van der Waals surface area contributed by atoms with Crippen molar-refractivity contribution in [1.82, 2.24) is 4.90 Å². The molecule has 2 atom stereocenters. The molecule has 2 unspecified atom stereocenters. The number of nitrogens with zero attached hydrogens (tertiary/aromatic N) is 1. The van der Waals surface area contributed by atoms with Gasteiger partial charge in [0, 0.05) is 20.8 Å². The van der Waals surface area contributed by atoms with E-state index in [9.17, 15) is 4.79 Å². The maximum atomic E-state index is 11.8. The fraction of sp³-hybridized carbons (Fsp3) is 0.462. The highest BCUT2D eigenvalue weighted by Crippen LogP contribution is 2.36. The summed E-state index contributed by atoms with van der Waals surface area (Å²) in [4.78, 5) is 13.6. The van der Waals surface area contributed by atoms with Gasteiger partial charge < -0.3 is 14.4 Å². The first kappa shape index (κ1) is 12.1. The summed E-state index contributed by atoms with van der Waals surface area (Å²) < 4.78 is 10.3. The van der Waals surface area contributed by atoms with E-state index in [-0.39, 0.29) is 18.1 Å². The Morgan fingerprint density at radius 3 is 2.53 bits per heavy atom. The predicted molar refractivity (Wildman–Crippen MR) is 63.6 cm³/mol. The third-order valence-electron chi connectivity index (χ3n) is 3.08. The minimum absolute atomic E-state index is 0.0175. The Labute approximate surface area is 101 Å². The number of benzene rings is 1. The number of carbonyl (C=O) groups is 1. The van der Waals surface area contributed by atoms with Gasteiger partial charge >= 0.3 is 0 Å². The molecule has 0 spiro atoms. The Balaban J connectivity index is 2.14. The molecular weight excluding hydrogens is 218 g/mol. The molecule has 2 rings (SSSR count). The normalized spacial score (nSPS) is 23.6. The first-order valence-electron chi connectivity index (χ1n) is 5.66. The van der Waals surface area contributed by atoms with Crippen molar-refractivity contribution in [3.8, 4) is 0 Å². The Kier molecular flexibility index (Phi) is 3.76. The molecule has 1 amide bonds. The van der Waals surface area contributed by atoms with Crippen LogP contribution in [0, 0.1) is 0 Å². The summed E-state index contributed by atoms with van der Waals surface area (Å²) in [6.07, 6.45) is -0.353. The molecule has 0 saturated carbocycles. The lowest BCUT2D eigenvalue weighted by atomic mass is 9.91. The Hall–Kier alpha value is -1.39. The summed E-state index contributed by atoms with van der Waals surface area (Å²) in [5.74, 6) is 0.0402. The van der Waals surface area contributed by atoms with Crippen LogP contribution in [0.1, 0.15) is 11.6 Å². The van der Waals surface area contributed by atoms with Gasteiger partial charge in [0.2, 0.25) is 0 Å². The molecule has 0 bridgehead atoms. The second-order valence-corrected chi connectivity index (χ2v) is 4.04. The number of methoxy groups -OCH3 is 2. The van der Waals surface area contributed by atoms with E-state index in [1.807, 2.05) is 30.3 Å². The van der Waals surface area contributed by atoms with Crippen LogP contribution in [-0.2, 0) is 14.3 Å². The number of likely N-dealkylation sites (tertiary alicyclic amines) is 1. The molecule has 0 N–H and O–H groups in total. The number of rotatable bonds is 5. The maximum Gasteiger partial charge on any atom is 0.254 e. The zero-order valence-electron chi connectivity index (χ0n) is 10.1. The minimum atomic E-state index is -0.353. The number of β-lactam (4-membered cyclic amide) rings is 1. The maximum absolute atomic E-state index is 11.8. The van der Waals surface area contributed by atoms with Crippen LogP contribution >= 0.6 is 0 Å². The van der Waals surface area contributed by atoms with Gasteiger partial charge in [0.1, 0.15) is 0 Å². The molecule has 1 heterocycles. The van der Waals surface area contributed by atoms with E-state index < -0.39 is 0 Å². The van der Waals surface area contributed by atoms with E-state index >= 15 is 0 Å². The van der Waals surface area contributed by atoms with Crippen molar-refractivity contribution in [2.75, 3.05) is 27.4 Å². The van der Waals surface area contributed by atoms with Gasteiger partial charge in [0.05, 0.1) is 12.6 Å². The van der Waals surface area contributed by atoms with Gasteiger partial charge in [-0.1, -0.05) is 30.3 Å². The number of carbonyl (C=O) groups excluding carboxylic acids is 1. The van der Waals surface area contributed by atoms with Crippen LogP contribution in [0.25, 0.3) is 0 Å². The third kappa shape index (κ3) is 2.18. The molecule has 1 fully saturated rings. The van der Waals surface area contributed by atoms with Crippen molar-refractivity contribution >= 4 is 5.91 Å². The van der Waals surface area contributed by atoms with Crippen molar-refractivity contribution < 1.29 is 14.3 Å². The molecule has 4 nitrogen and oxygen atoms in total. The predicted octanol–water partition coefficient (Wildman–Crippen LogP) is 1.23. The fourth-order valence-corrected chi connectivity index (χ4v) is 2.19. The van der Waals surface area contributed by atoms with Crippen molar-refractivity contribution in [1.29, 1.82) is 0 Å². The zero-order valence-corrected chi connectivity index (χ0v) is 10.1. The number of ether oxygens (including phenoxy) is 2. The molecule has 0 aromatic heterocycles. The van der Waals surface area contributed by atoms with Gasteiger partial charge in [0.25, 0.3) is 5.91 Å². The van der Waals surface area contributed by atoms with Gasteiger partial charge in [-0.2, -0.15) is 0 Å². The lowest BCUT2D eigenvalue weighted by Gasteiger charge is -2.46. The van der Waals surface area contributed by atoms with Gasteiger partial charge in [-0.25, -0.2) is 0 Å². The van der Waals surface area contributed by atoms with Crippen LogP contribution < -0.4 is 0 Å². The van der Waals surface area contributed by atoms with Gasteiger partial charge in [-0.15, -0.1) is 0 Å². The highest BCUT2D eigenvalue weighted by atomic mass is 16.5. The van der Waals surface area contributed by atoms with Crippen LogP contribution in [0.4, 0.5) is 0 Å². The van der Waals surface area contributed by atoms with Gasteiger partial charge in [0.15, 0.2) is 6.10 Å². The van der Waals surface area contributed by atoms with E-state index in [1.54, 1.807) is 19.1 Å². The van der Waals surface area contributed by atoms with E-state index in [2.05, 4.69) is 0 Å². The molecule has 17 heavy (non-hydrogen) atoms. The monoisotopic (exact) mass is 235 g/mol. The molecule has 1 aromatic carbocycles. The van der Waals surface area contributed by atoms with Crippen molar-refractivity contribution in [2.45, 2.75) is 12.1 Å². The summed E-state index contributed by atoms with van der Waals surface area (Å²) in [7, 11) is 3.21. The smallest absolute Gasteiger partial charge is 0.254 e. The number of amides is 1. The highest BCUT2D eigenvalue weighted by molar-refractivity contribution is 5.88. The lowest BCUT2D eigenvalue weighted by molar-refractivity contribution is -0.172. The third-order valence-corrected chi connectivity index (χ3v) is 3.08. The molecular formula is C13H17NO3. The van der Waals surface area contributed by atoms with Crippen LogP contribution in [0.3, 0.4) is 0 Å². The van der Waals surface area contributed by atoms with E-state index in [0.29, 0.717) is 13.2 Å². The summed E-state index contributed by atoms with van der Waals surface area (Å²) in [6, 6.07) is 9.96. The van der Waals surface area contributed by atoms with Gasteiger partial charge in [-0.05, 0) is 5.56 Å². The number of hydrogen-bond acceptors (Lipinski definition) is 3. The molecule has 1 aromatic rings. The molecule has 4 heteroatoms. The van der Waals surface area contributed by atoms with E-state index in [1.165, 1.54) is 0 Å². The highest BCUT2D eigenvalue weighted by Gasteiger charge is 2.47. The minimum Gasteiger partial charge on any atom is -0.383 e. The van der Waals surface area contributed by atoms with E-state index in [0.717, 1.165) is 5.56 Å². The average Bonchev–Trinajstić information content (AvgIpc) is 2.37. The van der Waals surface area contributed by atoms with Crippen LogP contribution in [-0.4, -0.2) is 44.3 Å². The van der Waals surface area contributed by atoms with Crippen molar-refractivity contribution in [2.24, 2.45) is 0 Å². The fourth-order valence-electron chi connectivity index (χ4n) is 2.19. The molecule has 1 aliphatic heterocycles. The van der Waals surface area contributed by atoms with Crippen LogP contribution in [0.2, 0.25) is 0 Å². The van der Waals surface area contributed by atoms with Crippen molar-refractivity contribution in [3.05, 3.63) is 35.9 Å². The van der Waals surface area contributed by atoms with Crippen molar-refractivity contribution in [3.63, 3.8) is 0 Å². The summed E-state index contributed by atoms with van der Waals surface area (Å²) in [5.41, 5.74) is 1.11.